The summed E-state index contributed by atoms with van der Waals surface area (Å²) < 4.78 is 5.49. The van der Waals surface area contributed by atoms with E-state index in [4.69, 9.17) is 4.42 Å². The van der Waals surface area contributed by atoms with Gasteiger partial charge in [0.25, 0.3) is 11.6 Å². The van der Waals surface area contributed by atoms with Crippen LogP contribution >= 0.6 is 0 Å². The Balaban J connectivity index is 1.42. The molecule has 0 atom stereocenters. The molecule has 8 heteroatoms. The fraction of sp³-hybridized carbons (Fsp3) is 0.167. The normalized spacial score (nSPS) is 14.0. The number of nitro benzene ring substituents is 1. The highest BCUT2D eigenvalue weighted by atomic mass is 16.6. The summed E-state index contributed by atoms with van der Waals surface area (Å²) in [6.45, 7) is 1.98. The first kappa shape index (κ1) is 19.7. The molecule has 160 valence electrons. The maximum Gasteiger partial charge on any atom is 0.292 e. The van der Waals surface area contributed by atoms with Crippen LogP contribution in [0.1, 0.15) is 10.4 Å². The number of carbonyl (C=O) groups excluding carboxylic acids is 1. The topological polar surface area (TPSA) is 92.7 Å². The Morgan fingerprint density at radius 1 is 0.969 bits per heavy atom. The van der Waals surface area contributed by atoms with Gasteiger partial charge in [-0.15, -0.1) is 0 Å². The Kier molecular flexibility index (Phi) is 5.03. The zero-order valence-electron chi connectivity index (χ0n) is 17.2. The number of nitro groups is 1. The van der Waals surface area contributed by atoms with Gasteiger partial charge in [0.2, 0.25) is 0 Å². The molecule has 1 aliphatic heterocycles. The van der Waals surface area contributed by atoms with Crippen LogP contribution in [0.2, 0.25) is 0 Å². The van der Waals surface area contributed by atoms with Crippen molar-refractivity contribution >= 4 is 28.2 Å². The van der Waals surface area contributed by atoms with E-state index >= 15 is 0 Å². The monoisotopic (exact) mass is 428 g/mol. The van der Waals surface area contributed by atoms with E-state index in [0.717, 1.165) is 10.9 Å². The lowest BCUT2D eigenvalue weighted by Crippen LogP contribution is -2.49. The van der Waals surface area contributed by atoms with Crippen molar-refractivity contribution in [2.45, 2.75) is 0 Å². The molecule has 2 aromatic carbocycles. The molecule has 0 unspecified atom stereocenters. The summed E-state index contributed by atoms with van der Waals surface area (Å²) in [5.74, 6) is 0.518. The van der Waals surface area contributed by atoms with Crippen LogP contribution in [-0.2, 0) is 0 Å². The van der Waals surface area contributed by atoms with Crippen molar-refractivity contribution in [3.05, 3.63) is 88.7 Å². The average molecular weight is 428 g/mol. The van der Waals surface area contributed by atoms with E-state index in [1.54, 1.807) is 41.5 Å². The van der Waals surface area contributed by atoms with E-state index in [1.165, 1.54) is 6.07 Å². The number of anilines is 1. The van der Waals surface area contributed by atoms with Gasteiger partial charge >= 0.3 is 0 Å². The number of furan rings is 1. The number of hydrogen-bond acceptors (Lipinski definition) is 6. The lowest BCUT2D eigenvalue weighted by Gasteiger charge is -2.36. The molecule has 0 aliphatic carbocycles. The Morgan fingerprint density at radius 3 is 2.47 bits per heavy atom. The summed E-state index contributed by atoms with van der Waals surface area (Å²) in [5, 5.41) is 12.2. The molecule has 0 saturated carbocycles. The van der Waals surface area contributed by atoms with Gasteiger partial charge in [-0.3, -0.25) is 14.9 Å². The maximum absolute atomic E-state index is 13.5. The molecule has 32 heavy (non-hydrogen) atoms. The van der Waals surface area contributed by atoms with Crippen LogP contribution in [0.25, 0.3) is 22.4 Å². The third-order valence-electron chi connectivity index (χ3n) is 5.71. The number of rotatable bonds is 4. The predicted molar refractivity (Wildman–Crippen MR) is 121 cm³/mol. The largest absolute Gasteiger partial charge is 0.463 e. The van der Waals surface area contributed by atoms with E-state index in [2.05, 4.69) is 4.98 Å². The Hall–Kier alpha value is -4.20. The number of benzene rings is 2. The molecule has 4 aromatic rings. The van der Waals surface area contributed by atoms with Crippen molar-refractivity contribution in [1.82, 2.24) is 9.88 Å². The lowest BCUT2D eigenvalue weighted by atomic mass is 10.0. The second-order valence-corrected chi connectivity index (χ2v) is 7.57. The molecular formula is C24H20N4O4. The first-order chi connectivity index (χ1) is 15.6. The molecule has 1 saturated heterocycles. The number of para-hydroxylation sites is 3. The molecule has 1 fully saturated rings. The first-order valence-electron chi connectivity index (χ1n) is 10.3. The number of fused-ring (bicyclic) bond motifs is 1. The van der Waals surface area contributed by atoms with Crippen LogP contribution in [0.15, 0.2) is 77.4 Å². The Labute approximate surface area is 183 Å². The van der Waals surface area contributed by atoms with Gasteiger partial charge in [-0.05, 0) is 30.3 Å². The minimum absolute atomic E-state index is 0.0792. The summed E-state index contributed by atoms with van der Waals surface area (Å²) in [6.07, 6.45) is 1.58. The molecule has 0 N–H and O–H groups in total. The van der Waals surface area contributed by atoms with E-state index in [-0.39, 0.29) is 16.5 Å². The molecule has 0 radical (unpaired) electrons. The van der Waals surface area contributed by atoms with Crippen LogP contribution in [0.3, 0.4) is 0 Å². The molecule has 5 rings (SSSR count). The first-order valence-corrected chi connectivity index (χ1v) is 10.3. The summed E-state index contributed by atoms with van der Waals surface area (Å²) >= 11 is 0. The van der Waals surface area contributed by atoms with Gasteiger partial charge in [-0.1, -0.05) is 30.3 Å². The van der Waals surface area contributed by atoms with Crippen molar-refractivity contribution in [2.24, 2.45) is 0 Å². The van der Waals surface area contributed by atoms with Crippen molar-refractivity contribution in [3.63, 3.8) is 0 Å². The molecule has 0 bridgehead atoms. The van der Waals surface area contributed by atoms with Crippen LogP contribution in [0.4, 0.5) is 11.4 Å². The third-order valence-corrected chi connectivity index (χ3v) is 5.71. The SMILES string of the molecule is O=C(c1cc(-c2ccco2)nc2ccccc12)N1CCN(c2ccccc2[N+](=O)[O-])CC1. The zero-order valence-corrected chi connectivity index (χ0v) is 17.2. The van der Waals surface area contributed by atoms with Gasteiger partial charge in [0.05, 0.1) is 22.3 Å². The predicted octanol–water partition coefficient (Wildman–Crippen LogP) is 4.37. The summed E-state index contributed by atoms with van der Waals surface area (Å²) in [6, 6.07) is 19.6. The second kappa shape index (κ2) is 8.14. The fourth-order valence-electron chi connectivity index (χ4n) is 4.11. The molecule has 2 aromatic heterocycles. The molecule has 0 spiro atoms. The van der Waals surface area contributed by atoms with Crippen molar-refractivity contribution in [1.29, 1.82) is 0 Å². The number of nitrogens with zero attached hydrogens (tertiary/aromatic N) is 4. The van der Waals surface area contributed by atoms with Gasteiger partial charge in [0, 0.05) is 37.6 Å². The fourth-order valence-corrected chi connectivity index (χ4v) is 4.11. The Morgan fingerprint density at radius 2 is 1.72 bits per heavy atom. The summed E-state index contributed by atoms with van der Waals surface area (Å²) in [4.78, 5) is 32.9. The van der Waals surface area contributed by atoms with E-state index in [0.29, 0.717) is 48.9 Å². The van der Waals surface area contributed by atoms with Crippen LogP contribution in [-0.4, -0.2) is 46.9 Å². The molecular weight excluding hydrogens is 408 g/mol. The smallest absolute Gasteiger partial charge is 0.292 e. The van der Waals surface area contributed by atoms with Crippen molar-refractivity contribution < 1.29 is 14.1 Å². The van der Waals surface area contributed by atoms with E-state index in [1.807, 2.05) is 35.2 Å². The maximum atomic E-state index is 13.5. The quantitative estimate of drug-likeness (QED) is 0.354. The summed E-state index contributed by atoms with van der Waals surface area (Å²) in [7, 11) is 0. The molecule has 8 nitrogen and oxygen atoms in total. The van der Waals surface area contributed by atoms with Crippen LogP contribution in [0, 0.1) is 10.1 Å². The number of pyridine rings is 1. The summed E-state index contributed by atoms with van der Waals surface area (Å²) in [5.41, 5.74) is 2.56. The number of amides is 1. The van der Waals surface area contributed by atoms with Gasteiger partial charge in [0.15, 0.2) is 5.76 Å². The highest BCUT2D eigenvalue weighted by Crippen LogP contribution is 2.30. The van der Waals surface area contributed by atoms with Crippen LogP contribution < -0.4 is 4.90 Å². The van der Waals surface area contributed by atoms with Gasteiger partial charge < -0.3 is 14.2 Å². The molecule has 1 aliphatic rings. The number of aromatic nitrogens is 1. The van der Waals surface area contributed by atoms with Crippen LogP contribution in [0.5, 0.6) is 0 Å². The van der Waals surface area contributed by atoms with Gasteiger partial charge in [0.1, 0.15) is 11.4 Å². The second-order valence-electron chi connectivity index (χ2n) is 7.57. The zero-order chi connectivity index (χ0) is 22.1. The van der Waals surface area contributed by atoms with E-state index in [9.17, 15) is 14.9 Å². The standard InChI is InChI=1S/C24H20N4O4/c29-24(27-13-11-26(12-14-27)21-8-3-4-9-22(21)28(30)31)18-16-20(23-10-5-15-32-23)25-19-7-2-1-6-17(18)19/h1-10,15-16H,11-14H2. The minimum Gasteiger partial charge on any atom is -0.463 e. The van der Waals surface area contributed by atoms with Crippen molar-refractivity contribution in [3.8, 4) is 11.5 Å². The minimum atomic E-state index is -0.369. The third kappa shape index (κ3) is 3.56. The van der Waals surface area contributed by atoms with Gasteiger partial charge in [-0.25, -0.2) is 4.98 Å². The lowest BCUT2D eigenvalue weighted by molar-refractivity contribution is -0.384. The molecule has 3 heterocycles. The average Bonchev–Trinajstić information content (AvgIpc) is 3.38. The van der Waals surface area contributed by atoms with E-state index < -0.39 is 0 Å². The number of piperazine rings is 1. The highest BCUT2D eigenvalue weighted by Gasteiger charge is 2.27. The van der Waals surface area contributed by atoms with Gasteiger partial charge in [-0.2, -0.15) is 0 Å². The number of carbonyl (C=O) groups is 1. The van der Waals surface area contributed by atoms with Crippen molar-refractivity contribution in [2.75, 3.05) is 31.1 Å². The molecule has 1 amide bonds. The Bertz CT molecular complexity index is 1290. The highest BCUT2D eigenvalue weighted by molar-refractivity contribution is 6.07. The number of hydrogen-bond donors (Lipinski definition) is 0.